The molecule has 29 heavy (non-hydrogen) atoms. The highest BCUT2D eigenvalue weighted by molar-refractivity contribution is 5.80. The molecule has 1 aromatic heterocycles. The Morgan fingerprint density at radius 3 is 2.86 bits per heavy atom. The van der Waals surface area contributed by atoms with E-state index >= 15 is 0 Å². The highest BCUT2D eigenvalue weighted by Gasteiger charge is 2.25. The highest BCUT2D eigenvalue weighted by atomic mass is 16.5. The van der Waals surface area contributed by atoms with E-state index in [1.54, 1.807) is 13.2 Å². The van der Waals surface area contributed by atoms with Gasteiger partial charge >= 0.3 is 0 Å². The molecule has 2 N–H and O–H groups in total. The first kappa shape index (κ1) is 20.6. The van der Waals surface area contributed by atoms with Crippen molar-refractivity contribution in [2.75, 3.05) is 20.1 Å². The third-order valence-corrected chi connectivity index (χ3v) is 4.92. The smallest absolute Gasteiger partial charge is 0.222 e. The lowest BCUT2D eigenvalue weighted by Gasteiger charge is -2.19. The lowest BCUT2D eigenvalue weighted by atomic mass is 10.2. The molecule has 1 amide bonds. The average molecular weight is 396 g/mol. The van der Waals surface area contributed by atoms with Crippen LogP contribution in [0.25, 0.3) is 0 Å². The van der Waals surface area contributed by atoms with Crippen LogP contribution in [0.3, 0.4) is 0 Å². The van der Waals surface area contributed by atoms with Gasteiger partial charge in [0.15, 0.2) is 5.96 Å². The highest BCUT2D eigenvalue weighted by Crippen LogP contribution is 2.16. The normalized spacial score (nSPS) is 16.6. The van der Waals surface area contributed by atoms with E-state index in [4.69, 9.17) is 4.74 Å². The fraction of sp³-hybridized carbons (Fsp3) is 0.409. The van der Waals surface area contributed by atoms with Gasteiger partial charge < -0.3 is 20.3 Å². The van der Waals surface area contributed by atoms with Gasteiger partial charge in [0.25, 0.3) is 0 Å². The molecule has 1 aliphatic rings. The van der Waals surface area contributed by atoms with Crippen LogP contribution in [0.1, 0.15) is 30.9 Å². The number of rotatable bonds is 7. The van der Waals surface area contributed by atoms with Gasteiger partial charge in [0, 0.05) is 50.9 Å². The van der Waals surface area contributed by atoms with E-state index in [1.165, 1.54) is 0 Å². The average Bonchev–Trinajstić information content (AvgIpc) is 3.24. The molecule has 1 saturated heterocycles. The molecule has 1 fully saturated rings. The minimum absolute atomic E-state index is 0.202. The number of guanidine groups is 1. The van der Waals surface area contributed by atoms with Gasteiger partial charge in [-0.25, -0.2) is 4.98 Å². The van der Waals surface area contributed by atoms with Gasteiger partial charge in [0.05, 0.1) is 0 Å². The largest absolute Gasteiger partial charge is 0.473 e. The first-order valence-electron chi connectivity index (χ1n) is 10.0. The Bertz CT molecular complexity index is 825. The number of amides is 1. The van der Waals surface area contributed by atoms with Gasteiger partial charge in [-0.3, -0.25) is 9.79 Å². The van der Waals surface area contributed by atoms with Crippen molar-refractivity contribution in [3.63, 3.8) is 0 Å². The standard InChI is InChI=1S/C22H29N5O2/c1-3-20(28)27-13-11-19(15-27)26-22(23-2)25-14-18-10-7-12-24-21(18)29-16-17-8-5-4-6-9-17/h4-10,12,19H,3,11,13-16H2,1-2H3,(H2,23,25,26). The van der Waals surface area contributed by atoms with Gasteiger partial charge in [-0.05, 0) is 18.1 Å². The van der Waals surface area contributed by atoms with Crippen molar-refractivity contribution in [1.82, 2.24) is 20.5 Å². The topological polar surface area (TPSA) is 78.9 Å². The zero-order valence-corrected chi connectivity index (χ0v) is 17.1. The summed E-state index contributed by atoms with van der Waals surface area (Å²) in [5, 5.41) is 6.73. The summed E-state index contributed by atoms with van der Waals surface area (Å²) in [6.07, 6.45) is 3.20. The molecule has 1 aromatic carbocycles. The van der Waals surface area contributed by atoms with E-state index in [0.29, 0.717) is 38.0 Å². The van der Waals surface area contributed by atoms with Crippen LogP contribution < -0.4 is 15.4 Å². The molecule has 3 rings (SSSR count). The molecule has 7 nitrogen and oxygen atoms in total. The summed E-state index contributed by atoms with van der Waals surface area (Å²) in [6, 6.07) is 14.1. The zero-order valence-electron chi connectivity index (χ0n) is 17.1. The van der Waals surface area contributed by atoms with Crippen LogP contribution in [0.4, 0.5) is 0 Å². The summed E-state index contributed by atoms with van der Waals surface area (Å²) in [5.74, 6) is 1.52. The minimum Gasteiger partial charge on any atom is -0.473 e. The number of carbonyl (C=O) groups excluding carboxylic acids is 1. The molecule has 1 aliphatic heterocycles. The fourth-order valence-electron chi connectivity index (χ4n) is 3.31. The van der Waals surface area contributed by atoms with E-state index < -0.39 is 0 Å². The quantitative estimate of drug-likeness (QED) is 0.556. The lowest BCUT2D eigenvalue weighted by molar-refractivity contribution is -0.129. The van der Waals surface area contributed by atoms with E-state index in [2.05, 4.69) is 20.6 Å². The number of hydrogen-bond acceptors (Lipinski definition) is 4. The lowest BCUT2D eigenvalue weighted by Crippen LogP contribution is -2.44. The molecule has 0 saturated carbocycles. The second kappa shape index (κ2) is 10.5. The second-order valence-corrected chi connectivity index (χ2v) is 6.99. The molecule has 2 aromatic rings. The van der Waals surface area contributed by atoms with Gasteiger partial charge in [0.1, 0.15) is 6.61 Å². The molecule has 1 unspecified atom stereocenters. The first-order chi connectivity index (χ1) is 14.2. The predicted molar refractivity (Wildman–Crippen MR) is 114 cm³/mol. The molecule has 0 spiro atoms. The summed E-state index contributed by atoms with van der Waals surface area (Å²) in [7, 11) is 1.75. The van der Waals surface area contributed by atoms with Gasteiger partial charge in [-0.1, -0.05) is 43.3 Å². The number of likely N-dealkylation sites (tertiary alicyclic amines) is 1. The third-order valence-electron chi connectivity index (χ3n) is 4.92. The number of benzene rings is 1. The molecular formula is C22H29N5O2. The summed E-state index contributed by atoms with van der Waals surface area (Å²) in [6.45, 7) is 4.42. The Kier molecular flexibility index (Phi) is 7.44. The van der Waals surface area contributed by atoms with Crippen LogP contribution in [-0.4, -0.2) is 47.9 Å². The molecule has 2 heterocycles. The minimum atomic E-state index is 0.202. The van der Waals surface area contributed by atoms with Gasteiger partial charge in [0.2, 0.25) is 11.8 Å². The number of aliphatic imine (C=N–C) groups is 1. The number of hydrogen-bond donors (Lipinski definition) is 2. The van der Waals surface area contributed by atoms with Crippen LogP contribution in [0.5, 0.6) is 5.88 Å². The van der Waals surface area contributed by atoms with E-state index in [0.717, 1.165) is 24.1 Å². The van der Waals surface area contributed by atoms with Crippen molar-refractivity contribution in [2.45, 2.75) is 39.0 Å². The van der Waals surface area contributed by atoms with Crippen molar-refractivity contribution in [3.05, 3.63) is 59.8 Å². The monoisotopic (exact) mass is 395 g/mol. The molecule has 7 heteroatoms. The Labute approximate surface area is 172 Å². The van der Waals surface area contributed by atoms with Crippen LogP contribution in [0.2, 0.25) is 0 Å². The SMILES string of the molecule is CCC(=O)N1CCC(NC(=NC)NCc2cccnc2OCc2ccccc2)C1. The zero-order chi connectivity index (χ0) is 20.5. The van der Waals surface area contributed by atoms with Crippen LogP contribution in [-0.2, 0) is 17.9 Å². The molecule has 0 radical (unpaired) electrons. The molecular weight excluding hydrogens is 366 g/mol. The maximum Gasteiger partial charge on any atom is 0.222 e. The van der Waals surface area contributed by atoms with E-state index in [1.807, 2.05) is 54.3 Å². The predicted octanol–water partition coefficient (Wildman–Crippen LogP) is 2.34. The van der Waals surface area contributed by atoms with E-state index in [9.17, 15) is 4.79 Å². The number of nitrogens with zero attached hydrogens (tertiary/aromatic N) is 3. The van der Waals surface area contributed by atoms with E-state index in [-0.39, 0.29) is 11.9 Å². The Hall–Kier alpha value is -3.09. The van der Waals surface area contributed by atoms with Gasteiger partial charge in [-0.15, -0.1) is 0 Å². The number of ether oxygens (including phenoxy) is 1. The maximum absolute atomic E-state index is 11.9. The molecule has 0 bridgehead atoms. The fourth-order valence-corrected chi connectivity index (χ4v) is 3.31. The molecule has 154 valence electrons. The third kappa shape index (κ3) is 5.94. The summed E-state index contributed by atoms with van der Waals surface area (Å²) in [4.78, 5) is 22.4. The number of nitrogens with one attached hydrogen (secondary N) is 2. The van der Waals surface area contributed by atoms with Crippen molar-refractivity contribution >= 4 is 11.9 Å². The van der Waals surface area contributed by atoms with Crippen LogP contribution in [0, 0.1) is 0 Å². The Balaban J connectivity index is 1.53. The number of pyridine rings is 1. The Morgan fingerprint density at radius 1 is 1.28 bits per heavy atom. The van der Waals surface area contributed by atoms with Crippen molar-refractivity contribution < 1.29 is 9.53 Å². The summed E-state index contributed by atoms with van der Waals surface area (Å²) < 4.78 is 5.92. The second-order valence-electron chi connectivity index (χ2n) is 6.99. The molecule has 0 aliphatic carbocycles. The first-order valence-corrected chi connectivity index (χ1v) is 10.0. The van der Waals surface area contributed by atoms with Crippen molar-refractivity contribution in [2.24, 2.45) is 4.99 Å². The van der Waals surface area contributed by atoms with Crippen LogP contribution >= 0.6 is 0 Å². The number of carbonyl (C=O) groups is 1. The van der Waals surface area contributed by atoms with Crippen LogP contribution in [0.15, 0.2) is 53.7 Å². The van der Waals surface area contributed by atoms with Crippen molar-refractivity contribution in [3.8, 4) is 5.88 Å². The number of aromatic nitrogens is 1. The summed E-state index contributed by atoms with van der Waals surface area (Å²) in [5.41, 5.74) is 2.06. The maximum atomic E-state index is 11.9. The van der Waals surface area contributed by atoms with Gasteiger partial charge in [-0.2, -0.15) is 0 Å². The Morgan fingerprint density at radius 2 is 2.10 bits per heavy atom. The summed E-state index contributed by atoms with van der Waals surface area (Å²) >= 11 is 0. The van der Waals surface area contributed by atoms with Crippen molar-refractivity contribution in [1.29, 1.82) is 0 Å². The molecule has 1 atom stereocenters.